The van der Waals surface area contributed by atoms with Crippen LogP contribution in [-0.4, -0.2) is 12.2 Å². The van der Waals surface area contributed by atoms with Crippen LogP contribution in [0.3, 0.4) is 0 Å². The topological polar surface area (TPSA) is 29.5 Å². The molecule has 14 heavy (non-hydrogen) atoms. The maximum atomic E-state index is 9.90. The van der Waals surface area contributed by atoms with Crippen LogP contribution in [0.5, 0.6) is 11.5 Å². The fourth-order valence-corrected chi connectivity index (χ4v) is 1.44. The lowest BCUT2D eigenvalue weighted by molar-refractivity contribution is 0.404. The molecule has 0 aliphatic heterocycles. The predicted octanol–water partition coefficient (Wildman–Crippen LogP) is 3.01. The zero-order valence-electron chi connectivity index (χ0n) is 9.51. The van der Waals surface area contributed by atoms with Crippen LogP contribution in [0.1, 0.15) is 31.9 Å². The Morgan fingerprint density at radius 1 is 1.21 bits per heavy atom. The van der Waals surface area contributed by atoms with E-state index < -0.39 is 0 Å². The molecule has 2 nitrogen and oxygen atoms in total. The third-order valence-corrected chi connectivity index (χ3v) is 2.32. The molecule has 0 amide bonds. The van der Waals surface area contributed by atoms with Gasteiger partial charge in [0.2, 0.25) is 0 Å². The molecule has 0 saturated heterocycles. The lowest BCUT2D eigenvalue weighted by Crippen LogP contribution is -2.12. The van der Waals surface area contributed by atoms with Gasteiger partial charge in [0.15, 0.2) is 0 Å². The largest absolute Gasteiger partial charge is 0.507 e. The monoisotopic (exact) mass is 194 g/mol. The number of rotatable bonds is 1. The molecule has 2 heteroatoms. The first-order valence-corrected chi connectivity index (χ1v) is 4.74. The first-order valence-electron chi connectivity index (χ1n) is 4.74. The minimum Gasteiger partial charge on any atom is -0.507 e. The van der Waals surface area contributed by atoms with Gasteiger partial charge in [-0.2, -0.15) is 0 Å². The number of phenolic OH excluding ortho intramolecular Hbond substituents is 1. The van der Waals surface area contributed by atoms with Gasteiger partial charge in [-0.3, -0.25) is 0 Å². The van der Waals surface area contributed by atoms with Crippen molar-refractivity contribution in [3.63, 3.8) is 0 Å². The Kier molecular flexibility index (Phi) is 2.74. The highest BCUT2D eigenvalue weighted by Gasteiger charge is 2.20. The van der Waals surface area contributed by atoms with Crippen LogP contribution in [-0.2, 0) is 5.41 Å². The zero-order chi connectivity index (χ0) is 10.9. The normalized spacial score (nSPS) is 11.5. The van der Waals surface area contributed by atoms with Gasteiger partial charge in [-0.15, -0.1) is 0 Å². The molecular formula is C12H18O2. The third kappa shape index (κ3) is 2.00. The Bertz CT molecular complexity index is 335. The second kappa shape index (κ2) is 3.52. The summed E-state index contributed by atoms with van der Waals surface area (Å²) in [4.78, 5) is 0. The summed E-state index contributed by atoms with van der Waals surface area (Å²) < 4.78 is 5.17. The van der Waals surface area contributed by atoms with Gasteiger partial charge < -0.3 is 9.84 Å². The van der Waals surface area contributed by atoms with E-state index in [4.69, 9.17) is 4.74 Å². The van der Waals surface area contributed by atoms with Crippen molar-refractivity contribution in [2.45, 2.75) is 33.1 Å². The van der Waals surface area contributed by atoms with Crippen molar-refractivity contribution in [3.05, 3.63) is 23.3 Å². The number of hydrogen-bond acceptors (Lipinski definition) is 2. The second-order valence-corrected chi connectivity index (χ2v) is 4.59. The molecule has 0 aromatic heterocycles. The van der Waals surface area contributed by atoms with Gasteiger partial charge in [0.05, 0.1) is 7.11 Å². The average Bonchev–Trinajstić information content (AvgIpc) is 2.07. The molecule has 0 aliphatic carbocycles. The molecule has 0 radical (unpaired) electrons. The van der Waals surface area contributed by atoms with E-state index in [-0.39, 0.29) is 5.41 Å². The van der Waals surface area contributed by atoms with Crippen LogP contribution in [0.15, 0.2) is 12.1 Å². The predicted molar refractivity (Wildman–Crippen MR) is 58.1 cm³/mol. The number of aromatic hydroxyl groups is 1. The van der Waals surface area contributed by atoms with Crippen LogP contribution in [0.2, 0.25) is 0 Å². The van der Waals surface area contributed by atoms with Gasteiger partial charge >= 0.3 is 0 Å². The van der Waals surface area contributed by atoms with Crippen molar-refractivity contribution in [1.82, 2.24) is 0 Å². The molecule has 0 aliphatic rings. The highest BCUT2D eigenvalue weighted by molar-refractivity contribution is 5.48. The van der Waals surface area contributed by atoms with Crippen LogP contribution in [0, 0.1) is 6.92 Å². The summed E-state index contributed by atoms with van der Waals surface area (Å²) in [6.45, 7) is 8.09. The molecule has 0 unspecified atom stereocenters. The van der Waals surface area contributed by atoms with E-state index in [0.717, 1.165) is 16.9 Å². The summed E-state index contributed by atoms with van der Waals surface area (Å²) >= 11 is 0. The third-order valence-electron chi connectivity index (χ3n) is 2.32. The first kappa shape index (κ1) is 10.9. The molecule has 78 valence electrons. The molecule has 0 fully saturated rings. The Labute approximate surface area is 85.5 Å². The maximum absolute atomic E-state index is 9.90. The molecule has 0 spiro atoms. The molecule has 1 N–H and O–H groups in total. The van der Waals surface area contributed by atoms with Crippen molar-refractivity contribution in [2.24, 2.45) is 0 Å². The van der Waals surface area contributed by atoms with E-state index in [2.05, 4.69) is 20.8 Å². The molecule has 0 saturated carbocycles. The van der Waals surface area contributed by atoms with Crippen LogP contribution >= 0.6 is 0 Å². The number of ether oxygens (including phenoxy) is 1. The fraction of sp³-hybridized carbons (Fsp3) is 0.500. The van der Waals surface area contributed by atoms with Crippen molar-refractivity contribution in [3.8, 4) is 11.5 Å². The molecule has 0 bridgehead atoms. The standard InChI is InChI=1S/C12H18O2/c1-8-6-9(14-5)7-10(11(8)13)12(2,3)4/h6-7,13H,1-5H3. The van der Waals surface area contributed by atoms with E-state index in [1.807, 2.05) is 19.1 Å². The molecule has 1 aromatic rings. The Morgan fingerprint density at radius 3 is 2.21 bits per heavy atom. The van der Waals surface area contributed by atoms with Crippen molar-refractivity contribution < 1.29 is 9.84 Å². The molecular weight excluding hydrogens is 176 g/mol. The van der Waals surface area contributed by atoms with E-state index in [9.17, 15) is 5.11 Å². The first-order chi connectivity index (χ1) is 6.36. The molecule has 1 rings (SSSR count). The molecule has 0 heterocycles. The van der Waals surface area contributed by atoms with E-state index >= 15 is 0 Å². The van der Waals surface area contributed by atoms with Crippen molar-refractivity contribution in [2.75, 3.05) is 7.11 Å². The Balaban J connectivity index is 3.35. The number of methoxy groups -OCH3 is 1. The smallest absolute Gasteiger partial charge is 0.122 e. The van der Waals surface area contributed by atoms with Gasteiger partial charge in [0.25, 0.3) is 0 Å². The average molecular weight is 194 g/mol. The van der Waals surface area contributed by atoms with Gasteiger partial charge in [0.1, 0.15) is 11.5 Å². The number of benzene rings is 1. The van der Waals surface area contributed by atoms with Gasteiger partial charge in [-0.1, -0.05) is 20.8 Å². The Morgan fingerprint density at radius 2 is 1.79 bits per heavy atom. The number of phenols is 1. The lowest BCUT2D eigenvalue weighted by Gasteiger charge is -2.22. The summed E-state index contributed by atoms with van der Waals surface area (Å²) in [5.41, 5.74) is 1.72. The van der Waals surface area contributed by atoms with Crippen LogP contribution in [0.4, 0.5) is 0 Å². The summed E-state index contributed by atoms with van der Waals surface area (Å²) in [7, 11) is 1.64. The summed E-state index contributed by atoms with van der Waals surface area (Å²) in [6.07, 6.45) is 0. The van der Waals surface area contributed by atoms with Crippen molar-refractivity contribution in [1.29, 1.82) is 0 Å². The van der Waals surface area contributed by atoms with Crippen LogP contribution < -0.4 is 4.74 Å². The quantitative estimate of drug-likeness (QED) is 0.744. The summed E-state index contributed by atoms with van der Waals surface area (Å²) in [5, 5.41) is 9.90. The summed E-state index contributed by atoms with van der Waals surface area (Å²) in [6, 6.07) is 3.73. The maximum Gasteiger partial charge on any atom is 0.122 e. The summed E-state index contributed by atoms with van der Waals surface area (Å²) in [5.74, 6) is 1.17. The van der Waals surface area contributed by atoms with Gasteiger partial charge in [-0.25, -0.2) is 0 Å². The highest BCUT2D eigenvalue weighted by Crippen LogP contribution is 2.36. The number of aryl methyl sites for hydroxylation is 1. The number of hydrogen-bond donors (Lipinski definition) is 1. The fourth-order valence-electron chi connectivity index (χ4n) is 1.44. The van der Waals surface area contributed by atoms with E-state index in [0.29, 0.717) is 5.75 Å². The SMILES string of the molecule is COc1cc(C)c(O)c(C(C)(C)C)c1. The zero-order valence-corrected chi connectivity index (χ0v) is 9.51. The minimum absolute atomic E-state index is 0.0661. The van der Waals surface area contributed by atoms with Gasteiger partial charge in [-0.05, 0) is 30.0 Å². The van der Waals surface area contributed by atoms with E-state index in [1.165, 1.54) is 0 Å². The molecule has 1 aromatic carbocycles. The van der Waals surface area contributed by atoms with Crippen molar-refractivity contribution >= 4 is 0 Å². The Hall–Kier alpha value is -1.18. The highest BCUT2D eigenvalue weighted by atomic mass is 16.5. The van der Waals surface area contributed by atoms with Crippen LogP contribution in [0.25, 0.3) is 0 Å². The lowest BCUT2D eigenvalue weighted by atomic mass is 9.85. The van der Waals surface area contributed by atoms with E-state index in [1.54, 1.807) is 7.11 Å². The minimum atomic E-state index is -0.0661. The van der Waals surface area contributed by atoms with Gasteiger partial charge in [0, 0.05) is 5.56 Å². The molecule has 0 atom stereocenters. The second-order valence-electron chi connectivity index (χ2n) is 4.59.